The molecule has 0 aliphatic rings. The fraction of sp³-hybridized carbons (Fsp3) is 0.250. The largest absolute Gasteiger partial charge is 0.480 e. The molecular weight excluding hydrogens is 379 g/mol. The number of aromatic amines is 1. The number of halogens is 2. The Labute approximate surface area is 157 Å². The fourth-order valence-electron chi connectivity index (χ4n) is 2.39. The first kappa shape index (κ1) is 19.0. The average molecular weight is 395 g/mol. The molecule has 142 valence electrons. The van der Waals surface area contributed by atoms with Crippen LogP contribution in [0.1, 0.15) is 0 Å². The van der Waals surface area contributed by atoms with Gasteiger partial charge in [0.15, 0.2) is 17.5 Å². The van der Waals surface area contributed by atoms with E-state index in [1.165, 1.54) is 6.20 Å². The van der Waals surface area contributed by atoms with Crippen molar-refractivity contribution in [3.63, 3.8) is 0 Å². The number of pyridine rings is 1. The summed E-state index contributed by atoms with van der Waals surface area (Å²) in [5.74, 6) is -2.08. The van der Waals surface area contributed by atoms with Gasteiger partial charge in [0.05, 0.1) is 24.4 Å². The molecule has 11 heteroatoms. The molecule has 0 saturated carbocycles. The molecule has 1 atom stereocenters. The summed E-state index contributed by atoms with van der Waals surface area (Å²) in [7, 11) is 0. The van der Waals surface area contributed by atoms with E-state index in [2.05, 4.69) is 25.3 Å². The van der Waals surface area contributed by atoms with Crippen LogP contribution in [0.4, 0.5) is 10.2 Å². The van der Waals surface area contributed by atoms with Crippen LogP contribution in [0.5, 0.6) is 0 Å². The first-order chi connectivity index (χ1) is 13.0. The zero-order chi connectivity index (χ0) is 19.4. The molecule has 0 bridgehead atoms. The van der Waals surface area contributed by atoms with Crippen molar-refractivity contribution in [1.82, 2.24) is 19.9 Å². The Morgan fingerprint density at radius 1 is 1.44 bits per heavy atom. The number of aliphatic carboxylic acids is 1. The van der Waals surface area contributed by atoms with E-state index in [0.29, 0.717) is 21.6 Å². The number of carboxylic acids is 1. The van der Waals surface area contributed by atoms with Crippen molar-refractivity contribution in [1.29, 1.82) is 0 Å². The highest BCUT2D eigenvalue weighted by atomic mass is 35.5. The van der Waals surface area contributed by atoms with Gasteiger partial charge in [0.2, 0.25) is 0 Å². The smallest absolute Gasteiger partial charge is 0.328 e. The van der Waals surface area contributed by atoms with Gasteiger partial charge in [0.1, 0.15) is 11.7 Å². The molecule has 0 aliphatic carbocycles. The van der Waals surface area contributed by atoms with Crippen molar-refractivity contribution in [2.45, 2.75) is 6.04 Å². The number of anilines is 1. The molecular formula is C16H16ClFN6O3. The third-order valence-corrected chi connectivity index (χ3v) is 3.85. The molecule has 0 radical (unpaired) electrons. The minimum Gasteiger partial charge on any atom is -0.480 e. The second-order valence-corrected chi connectivity index (χ2v) is 5.98. The SMILES string of the molecule is NCCOCC(Nc1nc(-c2c[nH]c3ncc(Cl)cc23)ncc1F)C(=O)O. The number of nitrogens with zero attached hydrogens (tertiary/aromatic N) is 3. The molecule has 0 amide bonds. The molecule has 3 aromatic heterocycles. The van der Waals surface area contributed by atoms with Gasteiger partial charge in [-0.25, -0.2) is 24.1 Å². The first-order valence-electron chi connectivity index (χ1n) is 7.92. The number of hydrogen-bond donors (Lipinski definition) is 4. The maximum Gasteiger partial charge on any atom is 0.328 e. The van der Waals surface area contributed by atoms with Crippen molar-refractivity contribution >= 4 is 34.4 Å². The number of aromatic nitrogens is 4. The second kappa shape index (κ2) is 8.25. The van der Waals surface area contributed by atoms with E-state index < -0.39 is 17.8 Å². The van der Waals surface area contributed by atoms with Gasteiger partial charge < -0.3 is 25.9 Å². The molecule has 0 fully saturated rings. The lowest BCUT2D eigenvalue weighted by atomic mass is 10.2. The van der Waals surface area contributed by atoms with Crippen LogP contribution in [0.2, 0.25) is 5.02 Å². The highest BCUT2D eigenvalue weighted by molar-refractivity contribution is 6.31. The molecule has 5 N–H and O–H groups in total. The van der Waals surface area contributed by atoms with Crippen molar-refractivity contribution in [3.8, 4) is 11.4 Å². The molecule has 1 unspecified atom stereocenters. The molecule has 9 nitrogen and oxygen atoms in total. The lowest BCUT2D eigenvalue weighted by Crippen LogP contribution is -2.35. The lowest BCUT2D eigenvalue weighted by molar-refractivity contribution is -0.139. The summed E-state index contributed by atoms with van der Waals surface area (Å²) >= 11 is 5.98. The number of nitrogens with two attached hydrogens (primary N) is 1. The van der Waals surface area contributed by atoms with Crippen LogP contribution in [0.3, 0.4) is 0 Å². The van der Waals surface area contributed by atoms with E-state index in [1.54, 1.807) is 12.3 Å². The quantitative estimate of drug-likeness (QED) is 0.423. The van der Waals surface area contributed by atoms with Crippen molar-refractivity contribution < 1.29 is 19.0 Å². The monoisotopic (exact) mass is 394 g/mol. The summed E-state index contributed by atoms with van der Waals surface area (Å²) in [5, 5.41) is 12.9. The van der Waals surface area contributed by atoms with E-state index in [9.17, 15) is 14.3 Å². The van der Waals surface area contributed by atoms with Crippen LogP contribution in [0.25, 0.3) is 22.4 Å². The van der Waals surface area contributed by atoms with E-state index in [0.717, 1.165) is 6.20 Å². The third kappa shape index (κ3) is 4.30. The highest BCUT2D eigenvalue weighted by Gasteiger charge is 2.21. The molecule has 3 heterocycles. The Balaban J connectivity index is 1.91. The van der Waals surface area contributed by atoms with Crippen molar-refractivity contribution in [3.05, 3.63) is 35.5 Å². The van der Waals surface area contributed by atoms with Gasteiger partial charge in [-0.2, -0.15) is 0 Å². The lowest BCUT2D eigenvalue weighted by Gasteiger charge is -2.16. The topological polar surface area (TPSA) is 139 Å². The molecule has 0 spiro atoms. The Morgan fingerprint density at radius 2 is 2.26 bits per heavy atom. The summed E-state index contributed by atoms with van der Waals surface area (Å²) in [6, 6.07) is 0.476. The normalized spacial score (nSPS) is 12.3. The Bertz CT molecular complexity index is 966. The Kier molecular flexibility index (Phi) is 5.79. The molecule has 3 rings (SSSR count). The predicted octanol–water partition coefficient (Wildman–Crippen LogP) is 1.65. The van der Waals surface area contributed by atoms with E-state index in [-0.39, 0.29) is 31.4 Å². The van der Waals surface area contributed by atoms with Gasteiger partial charge in [-0.1, -0.05) is 11.6 Å². The molecule has 3 aromatic rings. The minimum absolute atomic E-state index is 0.182. The molecule has 0 aromatic carbocycles. The average Bonchev–Trinajstić information content (AvgIpc) is 3.05. The number of carboxylic acid groups (broad SMARTS) is 1. The summed E-state index contributed by atoms with van der Waals surface area (Å²) in [6.45, 7) is 0.236. The van der Waals surface area contributed by atoms with Gasteiger partial charge in [0, 0.05) is 29.9 Å². The molecule has 27 heavy (non-hydrogen) atoms. The van der Waals surface area contributed by atoms with Crippen LogP contribution >= 0.6 is 11.6 Å². The summed E-state index contributed by atoms with van der Waals surface area (Å²) in [4.78, 5) is 26.6. The van der Waals surface area contributed by atoms with E-state index in [1.807, 2.05) is 0 Å². The number of H-pyrrole nitrogens is 1. The number of hydrogen-bond acceptors (Lipinski definition) is 7. The molecule has 0 aliphatic heterocycles. The predicted molar refractivity (Wildman–Crippen MR) is 97.0 cm³/mol. The Morgan fingerprint density at radius 3 is 3.00 bits per heavy atom. The van der Waals surface area contributed by atoms with Crippen LogP contribution < -0.4 is 11.1 Å². The zero-order valence-electron chi connectivity index (χ0n) is 13.9. The van der Waals surface area contributed by atoms with Crippen LogP contribution in [-0.4, -0.2) is 56.8 Å². The number of rotatable bonds is 8. The number of ether oxygens (including phenoxy) is 1. The first-order valence-corrected chi connectivity index (χ1v) is 8.30. The Hall–Kier alpha value is -2.82. The zero-order valence-corrected chi connectivity index (χ0v) is 14.7. The van der Waals surface area contributed by atoms with Crippen LogP contribution in [0.15, 0.2) is 24.7 Å². The third-order valence-electron chi connectivity index (χ3n) is 3.64. The fourth-order valence-corrected chi connectivity index (χ4v) is 2.54. The summed E-state index contributed by atoms with van der Waals surface area (Å²) < 4.78 is 19.2. The maximum atomic E-state index is 14.1. The van der Waals surface area contributed by atoms with Gasteiger partial charge in [0.25, 0.3) is 0 Å². The summed E-state index contributed by atoms with van der Waals surface area (Å²) in [6.07, 6.45) is 4.06. The van der Waals surface area contributed by atoms with Crippen molar-refractivity contribution in [2.24, 2.45) is 5.73 Å². The van der Waals surface area contributed by atoms with Gasteiger partial charge >= 0.3 is 5.97 Å². The number of fused-ring (bicyclic) bond motifs is 1. The maximum absolute atomic E-state index is 14.1. The second-order valence-electron chi connectivity index (χ2n) is 5.54. The number of carbonyl (C=O) groups is 1. The highest BCUT2D eigenvalue weighted by Crippen LogP contribution is 2.28. The van der Waals surface area contributed by atoms with Crippen molar-refractivity contribution in [2.75, 3.05) is 25.1 Å². The van der Waals surface area contributed by atoms with Crippen LogP contribution in [-0.2, 0) is 9.53 Å². The van der Waals surface area contributed by atoms with Crippen LogP contribution in [0, 0.1) is 5.82 Å². The van der Waals surface area contributed by atoms with Gasteiger partial charge in [-0.15, -0.1) is 0 Å². The van der Waals surface area contributed by atoms with E-state index >= 15 is 0 Å². The number of nitrogens with one attached hydrogen (secondary N) is 2. The van der Waals surface area contributed by atoms with Gasteiger partial charge in [-0.05, 0) is 6.07 Å². The van der Waals surface area contributed by atoms with Gasteiger partial charge in [-0.3, -0.25) is 0 Å². The summed E-state index contributed by atoms with van der Waals surface area (Å²) in [5.41, 5.74) is 6.42. The van der Waals surface area contributed by atoms with E-state index in [4.69, 9.17) is 22.1 Å². The molecule has 0 saturated heterocycles. The standard InChI is InChI=1S/C16H16ClFN6O3/c17-8-3-9-10(5-21-13(9)20-4-8)14-22-6-11(18)15(24-14)23-12(16(25)26)7-27-2-1-19/h3-6,12H,1-2,7,19H2,(H,20,21)(H,25,26)(H,22,23,24). The minimum atomic E-state index is -1.21.